The van der Waals surface area contributed by atoms with Crippen molar-refractivity contribution >= 4 is 10.1 Å². The van der Waals surface area contributed by atoms with Gasteiger partial charge in [0, 0.05) is 6.42 Å². The van der Waals surface area contributed by atoms with E-state index in [1.54, 1.807) is 0 Å². The van der Waals surface area contributed by atoms with Crippen molar-refractivity contribution in [3.63, 3.8) is 0 Å². The molecule has 0 fully saturated rings. The molecule has 0 radical (unpaired) electrons. The molecule has 0 aromatic heterocycles. The zero-order valence-corrected chi connectivity index (χ0v) is 14.2. The molecule has 7 heteroatoms. The summed E-state index contributed by atoms with van der Waals surface area (Å²) in [6, 6.07) is 0. The number of hydrogen-bond acceptors (Lipinski definition) is 3. The number of allylic oxidation sites excluding steroid dienone is 5. The van der Waals surface area contributed by atoms with Crippen molar-refractivity contribution in [2.45, 2.75) is 45.5 Å². The predicted octanol–water partition coefficient (Wildman–Crippen LogP) is 4.70. The van der Waals surface area contributed by atoms with Crippen LogP contribution in [-0.4, -0.2) is 13.9 Å². The molecule has 3 nitrogen and oxygen atoms in total. The summed E-state index contributed by atoms with van der Waals surface area (Å²) in [5, 5.41) is 0. The summed E-state index contributed by atoms with van der Waals surface area (Å²) in [6.45, 7) is 9.93. The fourth-order valence-corrected chi connectivity index (χ4v) is 3.80. The van der Waals surface area contributed by atoms with E-state index < -0.39 is 15.6 Å². The molecule has 0 saturated heterocycles. The van der Waals surface area contributed by atoms with Crippen LogP contribution in [0.2, 0.25) is 0 Å². The lowest BCUT2D eigenvalue weighted by molar-refractivity contribution is -0.0526. The van der Waals surface area contributed by atoms with Crippen LogP contribution in [0.15, 0.2) is 35.6 Å². The van der Waals surface area contributed by atoms with Crippen LogP contribution in [0, 0.1) is 17.3 Å². The van der Waals surface area contributed by atoms with E-state index in [1.165, 1.54) is 6.08 Å². The normalized spacial score (nSPS) is 31.7. The Hall–Kier alpha value is -1.24. The summed E-state index contributed by atoms with van der Waals surface area (Å²) in [7, 11) is -5.61. The molecule has 3 atom stereocenters. The maximum absolute atomic E-state index is 12.5. The first-order valence-electron chi connectivity index (χ1n) is 7.44. The monoisotopic (exact) mass is 350 g/mol. The van der Waals surface area contributed by atoms with Gasteiger partial charge in [-0.25, -0.2) is 0 Å². The molecule has 2 rings (SSSR count). The fraction of sp³-hybridized carbons (Fsp3) is 0.625. The molecule has 0 spiro atoms. The van der Waals surface area contributed by atoms with Gasteiger partial charge in [0.25, 0.3) is 0 Å². The maximum atomic E-state index is 12.5. The highest BCUT2D eigenvalue weighted by molar-refractivity contribution is 7.87. The van der Waals surface area contributed by atoms with Gasteiger partial charge in [-0.2, -0.15) is 21.6 Å². The first-order valence-corrected chi connectivity index (χ1v) is 8.85. The Bertz CT molecular complexity index is 673. The van der Waals surface area contributed by atoms with E-state index >= 15 is 0 Å². The van der Waals surface area contributed by atoms with Crippen LogP contribution in [0.3, 0.4) is 0 Å². The lowest BCUT2D eigenvalue weighted by Gasteiger charge is -2.45. The zero-order chi connectivity index (χ0) is 17.6. The van der Waals surface area contributed by atoms with Gasteiger partial charge in [-0.3, -0.25) is 0 Å². The second-order valence-electron chi connectivity index (χ2n) is 6.76. The van der Waals surface area contributed by atoms with Crippen LogP contribution in [0.5, 0.6) is 0 Å². The number of halogens is 3. The van der Waals surface area contributed by atoms with Gasteiger partial charge in [-0.15, -0.1) is 0 Å². The smallest absolute Gasteiger partial charge is 0.381 e. The standard InChI is InChI=1S/C16H21F3O3S/c1-10(2)12-5-6-13-8-14(7-11(3)15(13,4)9-12)22-23(20,21)16(17,18)19/h6,8,11-12H,1,5,7,9H2,2-4H3/t11-,12-,15+/m1/s1. The molecule has 23 heavy (non-hydrogen) atoms. The Balaban J connectivity index is 2.32. The van der Waals surface area contributed by atoms with Crippen molar-refractivity contribution in [3.05, 3.63) is 35.6 Å². The second-order valence-corrected chi connectivity index (χ2v) is 8.30. The molecule has 0 N–H and O–H groups in total. The quantitative estimate of drug-likeness (QED) is 0.421. The van der Waals surface area contributed by atoms with Gasteiger partial charge in [0.15, 0.2) is 0 Å². The van der Waals surface area contributed by atoms with Crippen molar-refractivity contribution in [2.75, 3.05) is 0 Å². The molecular weight excluding hydrogens is 329 g/mol. The first-order chi connectivity index (χ1) is 10.4. The van der Waals surface area contributed by atoms with Gasteiger partial charge < -0.3 is 4.18 Å². The van der Waals surface area contributed by atoms with Gasteiger partial charge in [0.2, 0.25) is 0 Å². The van der Waals surface area contributed by atoms with Crippen molar-refractivity contribution in [3.8, 4) is 0 Å². The minimum absolute atomic E-state index is 0.0284. The summed E-state index contributed by atoms with van der Waals surface area (Å²) in [5.41, 5.74) is -3.69. The summed E-state index contributed by atoms with van der Waals surface area (Å²) in [6.07, 6.45) is 5.18. The molecule has 0 aliphatic heterocycles. The molecule has 2 aliphatic rings. The second kappa shape index (κ2) is 5.69. The topological polar surface area (TPSA) is 43.4 Å². The van der Waals surface area contributed by atoms with Crippen molar-refractivity contribution in [1.82, 2.24) is 0 Å². The van der Waals surface area contributed by atoms with Crippen LogP contribution in [0.25, 0.3) is 0 Å². The molecular formula is C16H21F3O3S. The zero-order valence-electron chi connectivity index (χ0n) is 13.4. The molecule has 0 aromatic rings. The Morgan fingerprint density at radius 3 is 2.57 bits per heavy atom. The molecule has 0 aromatic carbocycles. The summed E-state index contributed by atoms with van der Waals surface area (Å²) in [4.78, 5) is 0. The van der Waals surface area contributed by atoms with Crippen molar-refractivity contribution in [2.24, 2.45) is 17.3 Å². The third-order valence-corrected chi connectivity index (χ3v) is 6.06. The molecule has 130 valence electrons. The van der Waals surface area contributed by atoms with E-state index in [4.69, 9.17) is 0 Å². The molecule has 0 bridgehead atoms. The Morgan fingerprint density at radius 2 is 2.04 bits per heavy atom. The molecule has 0 heterocycles. The largest absolute Gasteiger partial charge is 0.534 e. The molecule has 0 amide bonds. The van der Waals surface area contributed by atoms with Gasteiger partial charge in [-0.05, 0) is 48.7 Å². The average Bonchev–Trinajstić information content (AvgIpc) is 2.38. The Labute approximate surface area is 135 Å². The van der Waals surface area contributed by atoms with E-state index in [-0.39, 0.29) is 23.5 Å². The number of hydrogen-bond donors (Lipinski definition) is 0. The number of alkyl halides is 3. The van der Waals surface area contributed by atoms with Gasteiger partial charge in [-0.1, -0.05) is 32.1 Å². The highest BCUT2D eigenvalue weighted by Gasteiger charge is 2.50. The van der Waals surface area contributed by atoms with Crippen molar-refractivity contribution in [1.29, 1.82) is 0 Å². The Morgan fingerprint density at radius 1 is 1.43 bits per heavy atom. The van der Waals surface area contributed by atoms with E-state index in [2.05, 4.69) is 17.7 Å². The Kier molecular flexibility index (Phi) is 4.47. The van der Waals surface area contributed by atoms with Crippen molar-refractivity contribution < 1.29 is 25.8 Å². The number of fused-ring (bicyclic) bond motifs is 1. The van der Waals surface area contributed by atoms with E-state index in [1.807, 2.05) is 19.9 Å². The molecule has 0 saturated carbocycles. The van der Waals surface area contributed by atoms with E-state index in [0.717, 1.165) is 24.0 Å². The number of rotatable bonds is 3. The highest BCUT2D eigenvalue weighted by Crippen LogP contribution is 2.52. The van der Waals surface area contributed by atoms with E-state index in [9.17, 15) is 21.6 Å². The third-order valence-electron chi connectivity index (χ3n) is 5.06. The van der Waals surface area contributed by atoms with Crippen LogP contribution in [0.4, 0.5) is 13.2 Å². The van der Waals surface area contributed by atoms with Gasteiger partial charge >= 0.3 is 15.6 Å². The summed E-state index contributed by atoms with van der Waals surface area (Å²) in [5.74, 6) is 0.160. The summed E-state index contributed by atoms with van der Waals surface area (Å²) < 4.78 is 64.1. The molecule has 0 unspecified atom stereocenters. The fourth-order valence-electron chi connectivity index (χ4n) is 3.31. The van der Waals surface area contributed by atoms with Gasteiger partial charge in [0.1, 0.15) is 5.76 Å². The van der Waals surface area contributed by atoms with Gasteiger partial charge in [0.05, 0.1) is 0 Å². The van der Waals surface area contributed by atoms with Crippen LogP contribution in [0.1, 0.15) is 40.0 Å². The SMILES string of the molecule is C=C(C)[C@@H]1CC=C2C=C(OS(=O)(=O)C(F)(F)F)C[C@@H](C)[C@]2(C)C1. The maximum Gasteiger partial charge on any atom is 0.534 e. The lowest BCUT2D eigenvalue weighted by atomic mass is 9.59. The minimum Gasteiger partial charge on any atom is -0.381 e. The van der Waals surface area contributed by atoms with E-state index in [0.29, 0.717) is 5.92 Å². The van der Waals surface area contributed by atoms with Crippen LogP contribution < -0.4 is 0 Å². The third kappa shape index (κ3) is 3.34. The highest BCUT2D eigenvalue weighted by atomic mass is 32.2. The van der Waals surface area contributed by atoms with Crippen LogP contribution in [-0.2, 0) is 14.3 Å². The first kappa shape index (κ1) is 18.1. The summed E-state index contributed by atoms with van der Waals surface area (Å²) >= 11 is 0. The minimum atomic E-state index is -5.61. The average molecular weight is 350 g/mol. The van der Waals surface area contributed by atoms with Crippen LogP contribution >= 0.6 is 0 Å². The predicted molar refractivity (Wildman–Crippen MR) is 81.7 cm³/mol. The lowest BCUT2D eigenvalue weighted by Crippen LogP contribution is -2.36. The molecule has 2 aliphatic carbocycles.